The summed E-state index contributed by atoms with van der Waals surface area (Å²) in [6.45, 7) is 12.7. The Balaban J connectivity index is 4.03. The molecule has 13 heavy (non-hydrogen) atoms. The Kier molecular flexibility index (Phi) is 4.15. The van der Waals surface area contributed by atoms with Gasteiger partial charge in [-0.2, -0.15) is 0 Å². The lowest BCUT2D eigenvalue weighted by Gasteiger charge is -2.24. The maximum Gasteiger partial charge on any atom is 0.138 e. The quantitative estimate of drug-likeness (QED) is 0.649. The fourth-order valence-electron chi connectivity index (χ4n) is 1.02. The standard InChI is InChI=1S/C12H24O/c1-7-12(5,6)10(13)8-9-11(2,3)4/h7-9H2,1-6H3. The number of carbonyl (C=O) groups is 1. The summed E-state index contributed by atoms with van der Waals surface area (Å²) < 4.78 is 0. The third-order valence-corrected chi connectivity index (χ3v) is 2.74. The Labute approximate surface area is 82.9 Å². The molecule has 78 valence electrons. The van der Waals surface area contributed by atoms with Gasteiger partial charge >= 0.3 is 0 Å². The lowest BCUT2D eigenvalue weighted by molar-refractivity contribution is -0.127. The zero-order chi connectivity index (χ0) is 10.7. The Bertz CT molecular complexity index is 172. The summed E-state index contributed by atoms with van der Waals surface area (Å²) in [5.41, 5.74) is 0.157. The molecule has 0 spiro atoms. The van der Waals surface area contributed by atoms with Gasteiger partial charge in [-0.1, -0.05) is 41.5 Å². The molecule has 0 unspecified atom stereocenters. The third-order valence-electron chi connectivity index (χ3n) is 2.74. The van der Waals surface area contributed by atoms with E-state index >= 15 is 0 Å². The first-order valence-electron chi connectivity index (χ1n) is 5.22. The molecule has 0 aromatic heterocycles. The maximum absolute atomic E-state index is 11.7. The maximum atomic E-state index is 11.7. The van der Waals surface area contributed by atoms with Gasteiger partial charge in [0.05, 0.1) is 0 Å². The van der Waals surface area contributed by atoms with Crippen LogP contribution in [0, 0.1) is 10.8 Å². The summed E-state index contributed by atoms with van der Waals surface area (Å²) in [5, 5.41) is 0. The van der Waals surface area contributed by atoms with Crippen molar-refractivity contribution < 1.29 is 4.79 Å². The van der Waals surface area contributed by atoms with Crippen LogP contribution in [0.2, 0.25) is 0 Å². The van der Waals surface area contributed by atoms with Crippen molar-refractivity contribution in [1.82, 2.24) is 0 Å². The van der Waals surface area contributed by atoms with E-state index < -0.39 is 0 Å². The van der Waals surface area contributed by atoms with Crippen LogP contribution in [-0.4, -0.2) is 5.78 Å². The van der Waals surface area contributed by atoms with E-state index in [1.54, 1.807) is 0 Å². The number of Topliss-reactive ketones (excluding diaryl/α,β-unsaturated/α-hetero) is 1. The largest absolute Gasteiger partial charge is 0.299 e. The molecular formula is C12H24O. The third kappa shape index (κ3) is 5.07. The van der Waals surface area contributed by atoms with Crippen LogP contribution in [0.5, 0.6) is 0 Å². The Morgan fingerprint density at radius 3 is 1.85 bits per heavy atom. The zero-order valence-electron chi connectivity index (χ0n) is 10.0. The van der Waals surface area contributed by atoms with Crippen molar-refractivity contribution in [2.24, 2.45) is 10.8 Å². The SMILES string of the molecule is CCC(C)(C)C(=O)CCC(C)(C)C. The molecule has 0 saturated carbocycles. The summed E-state index contributed by atoms with van der Waals surface area (Å²) in [5.74, 6) is 0.407. The molecule has 1 heteroatoms. The lowest BCUT2D eigenvalue weighted by Crippen LogP contribution is -2.24. The van der Waals surface area contributed by atoms with Crippen LogP contribution in [0.25, 0.3) is 0 Å². The van der Waals surface area contributed by atoms with E-state index in [9.17, 15) is 4.79 Å². The summed E-state index contributed by atoms with van der Waals surface area (Å²) in [6.07, 6.45) is 2.66. The smallest absolute Gasteiger partial charge is 0.138 e. The second kappa shape index (κ2) is 4.26. The molecule has 0 aliphatic heterocycles. The van der Waals surface area contributed by atoms with Crippen LogP contribution < -0.4 is 0 Å². The minimum Gasteiger partial charge on any atom is -0.299 e. The van der Waals surface area contributed by atoms with Crippen LogP contribution in [0.3, 0.4) is 0 Å². The molecule has 0 fully saturated rings. The fraction of sp³-hybridized carbons (Fsp3) is 0.917. The molecule has 0 heterocycles. The van der Waals surface area contributed by atoms with Gasteiger partial charge in [0.15, 0.2) is 0 Å². The highest BCUT2D eigenvalue weighted by Crippen LogP contribution is 2.27. The second-order valence-corrected chi connectivity index (χ2v) is 5.72. The van der Waals surface area contributed by atoms with Crippen molar-refractivity contribution in [3.63, 3.8) is 0 Å². The first-order valence-corrected chi connectivity index (χ1v) is 5.22. The van der Waals surface area contributed by atoms with Gasteiger partial charge in [0.2, 0.25) is 0 Å². The highest BCUT2D eigenvalue weighted by atomic mass is 16.1. The van der Waals surface area contributed by atoms with Crippen LogP contribution in [0.1, 0.15) is 60.8 Å². The fourth-order valence-corrected chi connectivity index (χ4v) is 1.02. The van der Waals surface area contributed by atoms with E-state index in [1.165, 1.54) is 0 Å². The highest BCUT2D eigenvalue weighted by Gasteiger charge is 2.25. The van der Waals surface area contributed by atoms with Gasteiger partial charge in [-0.3, -0.25) is 4.79 Å². The van der Waals surface area contributed by atoms with Gasteiger partial charge in [-0.15, -0.1) is 0 Å². The normalized spacial score (nSPS) is 13.1. The summed E-state index contributed by atoms with van der Waals surface area (Å²) in [6, 6.07) is 0. The molecule has 0 radical (unpaired) electrons. The van der Waals surface area contributed by atoms with E-state index in [4.69, 9.17) is 0 Å². The van der Waals surface area contributed by atoms with E-state index in [0.29, 0.717) is 5.78 Å². The molecule has 0 aliphatic carbocycles. The van der Waals surface area contributed by atoms with Crippen LogP contribution in [0.4, 0.5) is 0 Å². The molecule has 0 aromatic carbocycles. The number of carbonyl (C=O) groups excluding carboxylic acids is 1. The summed E-state index contributed by atoms with van der Waals surface area (Å²) in [4.78, 5) is 11.7. The van der Waals surface area contributed by atoms with E-state index in [0.717, 1.165) is 19.3 Å². The molecule has 0 amide bonds. The van der Waals surface area contributed by atoms with Crippen molar-refractivity contribution >= 4 is 5.78 Å². The molecule has 0 aromatic rings. The van der Waals surface area contributed by atoms with E-state index in [1.807, 2.05) is 13.8 Å². The van der Waals surface area contributed by atoms with Gasteiger partial charge < -0.3 is 0 Å². The average molecular weight is 184 g/mol. The van der Waals surface area contributed by atoms with Crippen molar-refractivity contribution in [3.8, 4) is 0 Å². The molecule has 0 aliphatic rings. The average Bonchev–Trinajstić information content (AvgIpc) is 1.98. The van der Waals surface area contributed by atoms with Crippen molar-refractivity contribution in [1.29, 1.82) is 0 Å². The Morgan fingerprint density at radius 1 is 1.08 bits per heavy atom. The molecule has 0 saturated heterocycles. The molecule has 0 N–H and O–H groups in total. The van der Waals surface area contributed by atoms with Gasteiger partial charge in [0.1, 0.15) is 5.78 Å². The topological polar surface area (TPSA) is 17.1 Å². The number of hydrogen-bond acceptors (Lipinski definition) is 1. The van der Waals surface area contributed by atoms with Crippen LogP contribution in [-0.2, 0) is 4.79 Å². The zero-order valence-corrected chi connectivity index (χ0v) is 10.0. The van der Waals surface area contributed by atoms with Crippen molar-refractivity contribution in [2.45, 2.75) is 60.8 Å². The van der Waals surface area contributed by atoms with Crippen LogP contribution in [0.15, 0.2) is 0 Å². The molecule has 0 rings (SSSR count). The number of hydrogen-bond donors (Lipinski definition) is 0. The molecule has 0 atom stereocenters. The van der Waals surface area contributed by atoms with E-state index in [-0.39, 0.29) is 10.8 Å². The molecule has 1 nitrogen and oxygen atoms in total. The minimum atomic E-state index is -0.120. The first kappa shape index (κ1) is 12.7. The molecule has 0 bridgehead atoms. The van der Waals surface area contributed by atoms with Crippen molar-refractivity contribution in [3.05, 3.63) is 0 Å². The number of ketones is 1. The monoisotopic (exact) mass is 184 g/mol. The van der Waals surface area contributed by atoms with Gasteiger partial charge in [0.25, 0.3) is 0 Å². The first-order chi connectivity index (χ1) is 5.69. The highest BCUT2D eigenvalue weighted by molar-refractivity contribution is 5.83. The number of rotatable bonds is 4. The second-order valence-electron chi connectivity index (χ2n) is 5.72. The van der Waals surface area contributed by atoms with Gasteiger partial charge in [-0.05, 0) is 18.3 Å². The van der Waals surface area contributed by atoms with Gasteiger partial charge in [-0.25, -0.2) is 0 Å². The van der Waals surface area contributed by atoms with E-state index in [2.05, 4.69) is 27.7 Å². The molecular weight excluding hydrogens is 160 g/mol. The lowest BCUT2D eigenvalue weighted by atomic mass is 9.80. The Morgan fingerprint density at radius 2 is 1.54 bits per heavy atom. The summed E-state index contributed by atoms with van der Waals surface area (Å²) >= 11 is 0. The van der Waals surface area contributed by atoms with Crippen molar-refractivity contribution in [2.75, 3.05) is 0 Å². The minimum absolute atomic E-state index is 0.120. The van der Waals surface area contributed by atoms with Crippen LogP contribution >= 0.6 is 0 Å². The van der Waals surface area contributed by atoms with Gasteiger partial charge in [0, 0.05) is 11.8 Å². The summed E-state index contributed by atoms with van der Waals surface area (Å²) in [7, 11) is 0. The predicted molar refractivity (Wildman–Crippen MR) is 57.8 cm³/mol. The Hall–Kier alpha value is -0.330. The predicted octanol–water partition coefficient (Wildman–Crippen LogP) is 3.82.